The summed E-state index contributed by atoms with van der Waals surface area (Å²) in [7, 11) is 1.63. The van der Waals surface area contributed by atoms with Gasteiger partial charge < -0.3 is 9.64 Å². The largest absolute Gasteiger partial charge is 0.440 e. The monoisotopic (exact) mass is 401 g/mol. The molecule has 7 nitrogen and oxygen atoms in total. The third kappa shape index (κ3) is 2.75. The average molecular weight is 402 g/mol. The molecule has 0 aromatic heterocycles. The highest BCUT2D eigenvalue weighted by Gasteiger charge is 2.63. The van der Waals surface area contributed by atoms with Crippen molar-refractivity contribution in [2.24, 2.45) is 0 Å². The van der Waals surface area contributed by atoms with Crippen molar-refractivity contribution < 1.29 is 19.1 Å². The lowest BCUT2D eigenvalue weighted by atomic mass is 9.70. The number of esters is 1. The van der Waals surface area contributed by atoms with Crippen LogP contribution < -0.4 is 0 Å². The first-order valence-electron chi connectivity index (χ1n) is 7.74. The molecule has 3 amide bonds. The van der Waals surface area contributed by atoms with Gasteiger partial charge in [0.25, 0.3) is 5.91 Å². The summed E-state index contributed by atoms with van der Waals surface area (Å²) in [5.41, 5.74) is -1.64. The molecule has 0 atom stereocenters. The summed E-state index contributed by atoms with van der Waals surface area (Å²) >= 11 is 3.62. The molecule has 2 rings (SSSR count). The van der Waals surface area contributed by atoms with Crippen molar-refractivity contribution in [1.29, 1.82) is 0 Å². The number of amides is 3. The molecule has 1 spiro atoms. The molecule has 2 saturated heterocycles. The minimum Gasteiger partial charge on any atom is -0.440 e. The van der Waals surface area contributed by atoms with Crippen molar-refractivity contribution in [3.8, 4) is 0 Å². The Labute approximate surface area is 150 Å². The maximum absolute atomic E-state index is 13.1. The first kappa shape index (κ1) is 18.9. The van der Waals surface area contributed by atoms with E-state index in [2.05, 4.69) is 26.7 Å². The van der Waals surface area contributed by atoms with Gasteiger partial charge in [-0.25, -0.2) is 18.4 Å². The number of ether oxygens (including phenoxy) is 1. The average Bonchev–Trinajstić information content (AvgIpc) is 2.64. The lowest BCUT2D eigenvalue weighted by molar-refractivity contribution is -0.149. The smallest absolute Gasteiger partial charge is 0.331 e. The highest BCUT2D eigenvalue weighted by molar-refractivity contribution is 9.07. The van der Waals surface area contributed by atoms with Crippen LogP contribution in [0.1, 0.15) is 40.5 Å². The number of imide groups is 1. The number of rotatable bonds is 3. The SMILES string of the molecule is C=CC(=O)OCN1C(=O)N(C)C2(CC(C)(C)N(Br)C(C)(C)C2)C1=O. The molecular weight excluding hydrogens is 378 g/mol. The normalized spacial score (nSPS) is 25.2. The Kier molecular flexibility index (Phi) is 4.60. The van der Waals surface area contributed by atoms with Crippen molar-refractivity contribution in [1.82, 2.24) is 13.7 Å². The van der Waals surface area contributed by atoms with Gasteiger partial charge in [-0.3, -0.25) is 4.79 Å². The van der Waals surface area contributed by atoms with Gasteiger partial charge >= 0.3 is 12.0 Å². The molecule has 0 radical (unpaired) electrons. The number of urea groups is 1. The van der Waals surface area contributed by atoms with Crippen LogP contribution in [0.25, 0.3) is 0 Å². The minimum atomic E-state index is -0.949. The van der Waals surface area contributed by atoms with E-state index in [1.165, 1.54) is 4.90 Å². The Hall–Kier alpha value is -1.41. The first-order chi connectivity index (χ1) is 10.9. The van der Waals surface area contributed by atoms with Crippen LogP contribution in [0, 0.1) is 0 Å². The Morgan fingerprint density at radius 2 is 1.75 bits per heavy atom. The zero-order valence-corrected chi connectivity index (χ0v) is 16.3. The zero-order valence-electron chi connectivity index (χ0n) is 14.8. The number of likely N-dealkylation sites (N-methyl/N-ethyl adjacent to an activating group) is 1. The van der Waals surface area contributed by atoms with Crippen molar-refractivity contribution in [3.05, 3.63) is 12.7 Å². The molecule has 0 saturated carbocycles. The van der Waals surface area contributed by atoms with Gasteiger partial charge in [0.1, 0.15) is 5.54 Å². The molecule has 2 heterocycles. The van der Waals surface area contributed by atoms with Crippen LogP contribution in [0.4, 0.5) is 4.79 Å². The van der Waals surface area contributed by atoms with Gasteiger partial charge in [-0.1, -0.05) is 6.58 Å². The maximum atomic E-state index is 13.1. The van der Waals surface area contributed by atoms with Gasteiger partial charge in [-0.05, 0) is 40.5 Å². The predicted molar refractivity (Wildman–Crippen MR) is 92.1 cm³/mol. The second kappa shape index (κ2) is 5.84. The van der Waals surface area contributed by atoms with E-state index in [9.17, 15) is 14.4 Å². The topological polar surface area (TPSA) is 70.2 Å². The Morgan fingerprint density at radius 3 is 2.21 bits per heavy atom. The number of carbonyl (C=O) groups excluding carboxylic acids is 3. The fourth-order valence-corrected chi connectivity index (χ4v) is 4.24. The molecular formula is C16H24BrN3O4. The van der Waals surface area contributed by atoms with E-state index >= 15 is 0 Å². The van der Waals surface area contributed by atoms with Crippen LogP contribution in [0.5, 0.6) is 0 Å². The number of nitrogens with zero attached hydrogens (tertiary/aromatic N) is 3. The number of hydrogen-bond acceptors (Lipinski definition) is 5. The summed E-state index contributed by atoms with van der Waals surface area (Å²) in [5.74, 6) is -0.997. The Morgan fingerprint density at radius 1 is 1.25 bits per heavy atom. The number of hydrogen-bond donors (Lipinski definition) is 0. The molecule has 0 aromatic rings. The second-order valence-electron chi connectivity index (χ2n) is 7.66. The molecule has 0 bridgehead atoms. The van der Waals surface area contributed by atoms with Crippen LogP contribution >= 0.6 is 16.1 Å². The van der Waals surface area contributed by atoms with E-state index < -0.39 is 24.3 Å². The van der Waals surface area contributed by atoms with E-state index in [1.54, 1.807) is 7.05 Å². The number of halogens is 1. The summed E-state index contributed by atoms with van der Waals surface area (Å²) in [6.07, 6.45) is 1.95. The Bertz CT molecular complexity index is 584. The molecule has 0 unspecified atom stereocenters. The van der Waals surface area contributed by atoms with Crippen molar-refractivity contribution >= 4 is 34.1 Å². The van der Waals surface area contributed by atoms with Crippen molar-refractivity contribution in [3.63, 3.8) is 0 Å². The maximum Gasteiger partial charge on any atom is 0.331 e. The fraction of sp³-hybridized carbons (Fsp3) is 0.688. The quantitative estimate of drug-likeness (QED) is 0.314. The van der Waals surface area contributed by atoms with E-state index in [0.29, 0.717) is 12.8 Å². The van der Waals surface area contributed by atoms with Gasteiger partial charge in [-0.2, -0.15) is 0 Å². The summed E-state index contributed by atoms with van der Waals surface area (Å²) in [6, 6.07) is -0.452. The molecule has 0 N–H and O–H groups in total. The highest BCUT2D eigenvalue weighted by Crippen LogP contribution is 2.50. The molecule has 8 heteroatoms. The van der Waals surface area contributed by atoms with Gasteiger partial charge in [0, 0.05) is 40.3 Å². The molecule has 2 aliphatic rings. The van der Waals surface area contributed by atoms with E-state index in [1.807, 2.05) is 27.7 Å². The van der Waals surface area contributed by atoms with Gasteiger partial charge in [0.15, 0.2) is 6.73 Å². The van der Waals surface area contributed by atoms with Crippen LogP contribution in [-0.4, -0.2) is 62.0 Å². The van der Waals surface area contributed by atoms with E-state index in [4.69, 9.17) is 4.74 Å². The summed E-state index contributed by atoms with van der Waals surface area (Å²) in [6.45, 7) is 11.0. The fourth-order valence-electron chi connectivity index (χ4n) is 3.99. The van der Waals surface area contributed by atoms with Gasteiger partial charge in [0.2, 0.25) is 0 Å². The Balaban J connectivity index is 2.36. The van der Waals surface area contributed by atoms with Crippen molar-refractivity contribution in [2.75, 3.05) is 13.8 Å². The molecule has 134 valence electrons. The second-order valence-corrected chi connectivity index (χ2v) is 8.37. The molecule has 24 heavy (non-hydrogen) atoms. The summed E-state index contributed by atoms with van der Waals surface area (Å²) in [4.78, 5) is 39.4. The summed E-state index contributed by atoms with van der Waals surface area (Å²) in [5, 5.41) is 0. The third-order valence-electron chi connectivity index (χ3n) is 4.82. The van der Waals surface area contributed by atoms with Crippen LogP contribution in [0.15, 0.2) is 12.7 Å². The van der Waals surface area contributed by atoms with E-state index in [-0.39, 0.29) is 17.0 Å². The first-order valence-corrected chi connectivity index (χ1v) is 8.45. The zero-order chi connectivity index (χ0) is 18.5. The molecule has 0 aromatic carbocycles. The van der Waals surface area contributed by atoms with Crippen LogP contribution in [-0.2, 0) is 14.3 Å². The molecule has 2 aliphatic heterocycles. The predicted octanol–water partition coefficient (Wildman–Crippen LogP) is 2.27. The van der Waals surface area contributed by atoms with Crippen LogP contribution in [0.3, 0.4) is 0 Å². The minimum absolute atomic E-state index is 0.325. The number of carbonyl (C=O) groups is 3. The van der Waals surface area contributed by atoms with Gasteiger partial charge in [0.05, 0.1) is 0 Å². The lowest BCUT2D eigenvalue weighted by Crippen LogP contribution is -2.67. The van der Waals surface area contributed by atoms with Crippen LogP contribution in [0.2, 0.25) is 0 Å². The highest BCUT2D eigenvalue weighted by atomic mass is 79.9. The van der Waals surface area contributed by atoms with Crippen molar-refractivity contribution in [2.45, 2.75) is 57.2 Å². The lowest BCUT2D eigenvalue weighted by Gasteiger charge is -2.56. The summed E-state index contributed by atoms with van der Waals surface area (Å²) < 4.78 is 6.96. The third-order valence-corrected chi connectivity index (χ3v) is 6.74. The number of piperidine rings is 1. The molecule has 0 aliphatic carbocycles. The van der Waals surface area contributed by atoms with Gasteiger partial charge in [-0.15, -0.1) is 0 Å². The standard InChI is InChI=1S/C16H24BrN3O4/c1-7-11(21)24-10-19-12(22)16(18(6)13(19)23)8-14(2,3)20(17)15(4,5)9-16/h7H,1,8-10H2,2-6H3. The molecule has 2 fully saturated rings. The van der Waals surface area contributed by atoms with E-state index in [0.717, 1.165) is 11.0 Å².